The van der Waals surface area contributed by atoms with Gasteiger partial charge in [0, 0.05) is 29.6 Å². The third-order valence-corrected chi connectivity index (χ3v) is 5.83. The van der Waals surface area contributed by atoms with Gasteiger partial charge in [0.05, 0.1) is 11.5 Å². The van der Waals surface area contributed by atoms with Gasteiger partial charge in [-0.25, -0.2) is 4.79 Å². The van der Waals surface area contributed by atoms with Gasteiger partial charge in [-0.3, -0.25) is 4.79 Å². The Bertz CT molecular complexity index is 677. The first-order valence-corrected chi connectivity index (χ1v) is 9.12. The van der Waals surface area contributed by atoms with E-state index >= 15 is 0 Å². The summed E-state index contributed by atoms with van der Waals surface area (Å²) >= 11 is 5.95. The molecule has 144 valence electrons. The van der Waals surface area contributed by atoms with Crippen molar-refractivity contribution in [1.29, 1.82) is 0 Å². The number of likely N-dealkylation sites (tertiary alicyclic amines) is 1. The first-order chi connectivity index (χ1) is 12.0. The number of hydrogen-bond donors (Lipinski definition) is 3. The second-order valence-electron chi connectivity index (χ2n) is 7.79. The Labute approximate surface area is 159 Å². The van der Waals surface area contributed by atoms with Crippen LogP contribution in [0.5, 0.6) is 0 Å². The molecule has 0 bridgehead atoms. The molecule has 0 spiro atoms. The predicted molar refractivity (Wildman–Crippen MR) is 100 cm³/mol. The molecule has 0 aliphatic carbocycles. The number of piperidine rings is 1. The molecule has 1 saturated heterocycles. The third kappa shape index (κ3) is 3.96. The van der Waals surface area contributed by atoms with Crippen molar-refractivity contribution in [3.8, 4) is 0 Å². The number of carbonyl (C=O) groups is 2. The maximum Gasteiger partial charge on any atom is 0.404 e. The topological polar surface area (TPSA) is 89.9 Å². The molecule has 3 atom stereocenters. The van der Waals surface area contributed by atoms with Gasteiger partial charge in [-0.05, 0) is 31.0 Å². The predicted octanol–water partition coefficient (Wildman–Crippen LogP) is 3.08. The monoisotopic (exact) mass is 382 g/mol. The zero-order valence-corrected chi connectivity index (χ0v) is 16.4. The van der Waals surface area contributed by atoms with Crippen molar-refractivity contribution in [2.24, 2.45) is 11.3 Å². The minimum atomic E-state index is -1.15. The summed E-state index contributed by atoms with van der Waals surface area (Å²) in [7, 11) is 0. The highest BCUT2D eigenvalue weighted by Gasteiger charge is 2.50. The number of amides is 2. The quantitative estimate of drug-likeness (QED) is 0.746. The van der Waals surface area contributed by atoms with Crippen LogP contribution < -0.4 is 5.32 Å². The van der Waals surface area contributed by atoms with Crippen LogP contribution in [0.1, 0.15) is 39.7 Å². The molecule has 1 fully saturated rings. The summed E-state index contributed by atoms with van der Waals surface area (Å²) in [6.07, 6.45) is -0.742. The summed E-state index contributed by atoms with van der Waals surface area (Å²) in [4.78, 5) is 25.3. The Hall–Kier alpha value is -1.79. The van der Waals surface area contributed by atoms with E-state index in [-0.39, 0.29) is 5.91 Å². The molecule has 26 heavy (non-hydrogen) atoms. The molecule has 1 aliphatic rings. The van der Waals surface area contributed by atoms with E-state index in [9.17, 15) is 14.7 Å². The van der Waals surface area contributed by atoms with Crippen LogP contribution in [-0.4, -0.2) is 46.2 Å². The highest BCUT2D eigenvalue weighted by molar-refractivity contribution is 6.30. The molecule has 1 unspecified atom stereocenters. The van der Waals surface area contributed by atoms with Crippen LogP contribution in [0.4, 0.5) is 4.79 Å². The maximum absolute atomic E-state index is 12.8. The third-order valence-electron chi connectivity index (χ3n) is 5.57. The zero-order valence-electron chi connectivity index (χ0n) is 15.6. The lowest BCUT2D eigenvalue weighted by atomic mass is 9.66. The van der Waals surface area contributed by atoms with Crippen molar-refractivity contribution in [3.05, 3.63) is 34.9 Å². The van der Waals surface area contributed by atoms with Crippen molar-refractivity contribution >= 4 is 23.6 Å². The Balaban J connectivity index is 2.16. The number of benzene rings is 1. The number of carboxylic acid groups (broad SMARTS) is 1. The molecule has 2 amide bonds. The lowest BCUT2D eigenvalue weighted by molar-refractivity contribution is -0.156. The minimum absolute atomic E-state index is 0.113. The van der Waals surface area contributed by atoms with Crippen LogP contribution in [0.15, 0.2) is 24.3 Å². The molecule has 7 heteroatoms. The summed E-state index contributed by atoms with van der Waals surface area (Å²) in [5, 5.41) is 23.1. The van der Waals surface area contributed by atoms with E-state index < -0.39 is 29.1 Å². The zero-order chi connectivity index (χ0) is 19.7. The average Bonchev–Trinajstić information content (AvgIpc) is 2.55. The van der Waals surface area contributed by atoms with Gasteiger partial charge in [-0.1, -0.05) is 44.5 Å². The van der Waals surface area contributed by atoms with Gasteiger partial charge in [-0.15, -0.1) is 0 Å². The minimum Gasteiger partial charge on any atom is -0.465 e. The van der Waals surface area contributed by atoms with E-state index in [4.69, 9.17) is 16.7 Å². The van der Waals surface area contributed by atoms with E-state index in [1.54, 1.807) is 30.9 Å². The molecule has 0 radical (unpaired) electrons. The SMILES string of the molecule is CC(NC(=O)O)[C@@H](C)C(=O)N1CC[C@](O)(c2ccc(Cl)cc2)C(C)(C)C1. The number of hydrogen-bond acceptors (Lipinski definition) is 3. The van der Waals surface area contributed by atoms with Crippen LogP contribution in [0.25, 0.3) is 0 Å². The summed E-state index contributed by atoms with van der Waals surface area (Å²) in [5.41, 5.74) is -0.853. The van der Waals surface area contributed by atoms with Gasteiger partial charge in [0.25, 0.3) is 0 Å². The lowest BCUT2D eigenvalue weighted by Gasteiger charge is -2.51. The van der Waals surface area contributed by atoms with Crippen LogP contribution in [-0.2, 0) is 10.4 Å². The van der Waals surface area contributed by atoms with Crippen LogP contribution in [0, 0.1) is 11.3 Å². The van der Waals surface area contributed by atoms with Crippen LogP contribution in [0.2, 0.25) is 5.02 Å². The molecular formula is C19H27ClN2O4. The van der Waals surface area contributed by atoms with Crippen molar-refractivity contribution in [3.63, 3.8) is 0 Å². The van der Waals surface area contributed by atoms with Gasteiger partial charge in [0.15, 0.2) is 0 Å². The van der Waals surface area contributed by atoms with Crippen LogP contribution >= 0.6 is 11.6 Å². The first kappa shape index (κ1) is 20.5. The molecule has 2 rings (SSSR count). The van der Waals surface area contributed by atoms with Crippen molar-refractivity contribution in [1.82, 2.24) is 10.2 Å². The Morgan fingerprint density at radius 2 is 1.81 bits per heavy atom. The lowest BCUT2D eigenvalue weighted by Crippen LogP contribution is -2.58. The molecular weight excluding hydrogens is 356 g/mol. The fraction of sp³-hybridized carbons (Fsp3) is 0.579. The summed E-state index contributed by atoms with van der Waals surface area (Å²) < 4.78 is 0. The van der Waals surface area contributed by atoms with Gasteiger partial charge in [0.1, 0.15) is 0 Å². The smallest absolute Gasteiger partial charge is 0.404 e. The molecule has 1 aromatic carbocycles. The normalized spacial score (nSPS) is 24.6. The van der Waals surface area contributed by atoms with Crippen molar-refractivity contribution in [2.45, 2.75) is 45.8 Å². The molecule has 1 aliphatic heterocycles. The summed E-state index contributed by atoms with van der Waals surface area (Å²) in [5.74, 6) is -0.596. The molecule has 3 N–H and O–H groups in total. The van der Waals surface area contributed by atoms with Crippen LogP contribution in [0.3, 0.4) is 0 Å². The standard InChI is InChI=1S/C19H27ClN2O4/c1-12(13(2)21-17(24)25)16(23)22-10-9-19(26,18(3,4)11-22)14-5-7-15(20)8-6-14/h5-8,12-13,21,26H,9-11H2,1-4H3,(H,24,25)/t12-,13?,19+/m1/s1. The van der Waals surface area contributed by atoms with Crippen molar-refractivity contribution in [2.75, 3.05) is 13.1 Å². The maximum atomic E-state index is 12.8. The first-order valence-electron chi connectivity index (χ1n) is 8.74. The van der Waals surface area contributed by atoms with E-state index in [2.05, 4.69) is 5.32 Å². The van der Waals surface area contributed by atoms with Gasteiger partial charge in [-0.2, -0.15) is 0 Å². The highest BCUT2D eigenvalue weighted by atomic mass is 35.5. The highest BCUT2D eigenvalue weighted by Crippen LogP contribution is 2.46. The molecule has 1 heterocycles. The van der Waals surface area contributed by atoms with Gasteiger partial charge < -0.3 is 20.4 Å². The molecule has 0 saturated carbocycles. The fourth-order valence-electron chi connectivity index (χ4n) is 3.59. The number of nitrogens with zero attached hydrogens (tertiary/aromatic N) is 1. The second-order valence-corrected chi connectivity index (χ2v) is 8.22. The summed E-state index contributed by atoms with van der Waals surface area (Å²) in [6.45, 7) is 8.06. The molecule has 1 aromatic rings. The largest absolute Gasteiger partial charge is 0.465 e. The number of carbonyl (C=O) groups excluding carboxylic acids is 1. The number of aliphatic hydroxyl groups is 1. The van der Waals surface area contributed by atoms with Crippen molar-refractivity contribution < 1.29 is 19.8 Å². The van der Waals surface area contributed by atoms with E-state index in [1.807, 2.05) is 26.0 Å². The number of rotatable bonds is 4. The van der Waals surface area contributed by atoms with E-state index in [0.29, 0.717) is 24.5 Å². The van der Waals surface area contributed by atoms with Gasteiger partial charge in [0.2, 0.25) is 5.91 Å². The Kier molecular flexibility index (Phi) is 5.88. The van der Waals surface area contributed by atoms with E-state index in [1.165, 1.54) is 0 Å². The fourth-order valence-corrected chi connectivity index (χ4v) is 3.72. The van der Waals surface area contributed by atoms with Gasteiger partial charge >= 0.3 is 6.09 Å². The summed E-state index contributed by atoms with van der Waals surface area (Å²) in [6, 6.07) is 6.67. The molecule has 0 aromatic heterocycles. The Morgan fingerprint density at radius 3 is 2.31 bits per heavy atom. The second kappa shape index (κ2) is 7.45. The number of nitrogens with one attached hydrogen (secondary N) is 1. The molecule has 6 nitrogen and oxygen atoms in total. The Morgan fingerprint density at radius 1 is 1.23 bits per heavy atom. The van der Waals surface area contributed by atoms with E-state index in [0.717, 1.165) is 5.56 Å². The number of halogens is 1. The average molecular weight is 383 g/mol.